The molecule has 0 saturated heterocycles. The maximum absolute atomic E-state index is 6.36. The van der Waals surface area contributed by atoms with Crippen LogP contribution < -0.4 is 0 Å². The molecule has 0 aliphatic carbocycles. The van der Waals surface area contributed by atoms with Crippen molar-refractivity contribution in [2.75, 3.05) is 0 Å². The Kier molecular flexibility index (Phi) is 3.05. The SMILES string of the molecule is Cc1ccc(-c2ccc(C)c3c2oc2ccccc23)c2c1oc1ccccc12. The highest BCUT2D eigenvalue weighted by Crippen LogP contribution is 2.43. The molecule has 6 rings (SSSR count). The number of aryl methyl sites for hydroxylation is 2. The first-order valence-corrected chi connectivity index (χ1v) is 9.54. The summed E-state index contributed by atoms with van der Waals surface area (Å²) in [5, 5.41) is 4.65. The van der Waals surface area contributed by atoms with E-state index >= 15 is 0 Å². The van der Waals surface area contributed by atoms with Crippen molar-refractivity contribution >= 4 is 43.9 Å². The Bertz CT molecular complexity index is 1530. The van der Waals surface area contributed by atoms with E-state index < -0.39 is 0 Å². The number of furan rings is 2. The van der Waals surface area contributed by atoms with E-state index in [1.807, 2.05) is 24.3 Å². The van der Waals surface area contributed by atoms with Gasteiger partial charge < -0.3 is 8.83 Å². The number of rotatable bonds is 1. The fourth-order valence-electron chi connectivity index (χ4n) is 4.39. The van der Waals surface area contributed by atoms with Gasteiger partial charge in [-0.25, -0.2) is 0 Å². The predicted octanol–water partition coefficient (Wildman–Crippen LogP) is 7.77. The number of hydrogen-bond donors (Lipinski definition) is 0. The molecule has 0 aliphatic heterocycles. The van der Waals surface area contributed by atoms with Crippen molar-refractivity contribution < 1.29 is 8.83 Å². The van der Waals surface area contributed by atoms with Crippen molar-refractivity contribution in [3.63, 3.8) is 0 Å². The fraction of sp³-hybridized carbons (Fsp3) is 0.0769. The summed E-state index contributed by atoms with van der Waals surface area (Å²) in [6.07, 6.45) is 0. The van der Waals surface area contributed by atoms with Crippen LogP contribution in [0.25, 0.3) is 55.0 Å². The zero-order chi connectivity index (χ0) is 18.8. The molecule has 2 heteroatoms. The lowest BCUT2D eigenvalue weighted by molar-refractivity contribution is 0.666. The summed E-state index contributed by atoms with van der Waals surface area (Å²) in [7, 11) is 0. The lowest BCUT2D eigenvalue weighted by atomic mass is 9.94. The molecule has 4 aromatic carbocycles. The maximum atomic E-state index is 6.36. The second-order valence-corrected chi connectivity index (χ2v) is 7.46. The lowest BCUT2D eigenvalue weighted by Gasteiger charge is -2.08. The van der Waals surface area contributed by atoms with E-state index in [4.69, 9.17) is 8.83 Å². The Morgan fingerprint density at radius 3 is 1.82 bits per heavy atom. The van der Waals surface area contributed by atoms with Gasteiger partial charge in [0.1, 0.15) is 22.3 Å². The molecule has 0 unspecified atom stereocenters. The van der Waals surface area contributed by atoms with Crippen LogP contribution in [0.2, 0.25) is 0 Å². The molecule has 134 valence electrons. The van der Waals surface area contributed by atoms with Crippen molar-refractivity contribution in [2.24, 2.45) is 0 Å². The van der Waals surface area contributed by atoms with Crippen LogP contribution in [0, 0.1) is 13.8 Å². The van der Waals surface area contributed by atoms with Gasteiger partial charge in [-0.3, -0.25) is 0 Å². The normalized spacial score (nSPS) is 11.9. The van der Waals surface area contributed by atoms with E-state index in [2.05, 4.69) is 62.4 Å². The van der Waals surface area contributed by atoms with Crippen molar-refractivity contribution in [1.82, 2.24) is 0 Å². The fourth-order valence-corrected chi connectivity index (χ4v) is 4.39. The largest absolute Gasteiger partial charge is 0.456 e. The van der Waals surface area contributed by atoms with Gasteiger partial charge in [-0.15, -0.1) is 0 Å². The van der Waals surface area contributed by atoms with Crippen LogP contribution in [-0.2, 0) is 0 Å². The topological polar surface area (TPSA) is 26.3 Å². The number of fused-ring (bicyclic) bond motifs is 6. The number of benzene rings is 4. The highest BCUT2D eigenvalue weighted by Gasteiger charge is 2.19. The smallest absolute Gasteiger partial charge is 0.143 e. The van der Waals surface area contributed by atoms with Gasteiger partial charge >= 0.3 is 0 Å². The number of hydrogen-bond acceptors (Lipinski definition) is 2. The Morgan fingerprint density at radius 2 is 1.07 bits per heavy atom. The molecule has 0 N–H and O–H groups in total. The molecular weight excluding hydrogens is 344 g/mol. The van der Waals surface area contributed by atoms with Crippen LogP contribution in [0.15, 0.2) is 81.6 Å². The van der Waals surface area contributed by atoms with E-state index in [0.717, 1.165) is 55.2 Å². The Hall–Kier alpha value is -3.52. The summed E-state index contributed by atoms with van der Waals surface area (Å²) in [6.45, 7) is 4.24. The third-order valence-electron chi connectivity index (χ3n) is 5.75. The monoisotopic (exact) mass is 362 g/mol. The molecule has 0 bridgehead atoms. The molecule has 28 heavy (non-hydrogen) atoms. The molecule has 0 radical (unpaired) electrons. The van der Waals surface area contributed by atoms with E-state index in [9.17, 15) is 0 Å². The summed E-state index contributed by atoms with van der Waals surface area (Å²) in [6, 6.07) is 25.2. The first kappa shape index (κ1) is 15.5. The van der Waals surface area contributed by atoms with Crippen LogP contribution in [-0.4, -0.2) is 0 Å². The summed E-state index contributed by atoms with van der Waals surface area (Å²) < 4.78 is 12.6. The minimum atomic E-state index is 0.918. The molecule has 6 aromatic rings. The quantitative estimate of drug-likeness (QED) is 0.299. The predicted molar refractivity (Wildman–Crippen MR) is 116 cm³/mol. The zero-order valence-electron chi connectivity index (χ0n) is 15.7. The molecular formula is C26H18O2. The maximum Gasteiger partial charge on any atom is 0.143 e. The van der Waals surface area contributed by atoms with Crippen molar-refractivity contribution in [3.05, 3.63) is 83.9 Å². The molecule has 2 aromatic heterocycles. The average molecular weight is 362 g/mol. The first-order chi connectivity index (χ1) is 13.7. The Balaban J connectivity index is 1.81. The van der Waals surface area contributed by atoms with E-state index in [1.165, 1.54) is 10.9 Å². The Labute approximate surface area is 162 Å². The van der Waals surface area contributed by atoms with Crippen molar-refractivity contribution in [3.8, 4) is 11.1 Å². The number of para-hydroxylation sites is 2. The van der Waals surface area contributed by atoms with E-state index in [-0.39, 0.29) is 0 Å². The second-order valence-electron chi connectivity index (χ2n) is 7.46. The van der Waals surface area contributed by atoms with E-state index in [0.29, 0.717) is 0 Å². The summed E-state index contributed by atoms with van der Waals surface area (Å²) in [4.78, 5) is 0. The molecule has 0 amide bonds. The summed E-state index contributed by atoms with van der Waals surface area (Å²) >= 11 is 0. The van der Waals surface area contributed by atoms with Crippen molar-refractivity contribution in [2.45, 2.75) is 13.8 Å². The first-order valence-electron chi connectivity index (χ1n) is 9.54. The second kappa shape index (κ2) is 5.49. The molecule has 0 spiro atoms. The Morgan fingerprint density at radius 1 is 0.500 bits per heavy atom. The average Bonchev–Trinajstić information content (AvgIpc) is 3.29. The van der Waals surface area contributed by atoms with Crippen LogP contribution in [0.1, 0.15) is 11.1 Å². The minimum Gasteiger partial charge on any atom is -0.456 e. The third-order valence-corrected chi connectivity index (χ3v) is 5.75. The molecule has 0 saturated carbocycles. The standard InChI is InChI=1S/C26H18O2/c1-15-11-14-18(26-23(15)19-7-3-5-9-21(19)28-26)17-13-12-16(2)25-24(17)20-8-4-6-10-22(20)27-25/h3-14H,1-2H3. The van der Waals surface area contributed by atoms with Crippen LogP contribution in [0.5, 0.6) is 0 Å². The molecule has 2 nitrogen and oxygen atoms in total. The highest BCUT2D eigenvalue weighted by molar-refractivity contribution is 6.18. The van der Waals surface area contributed by atoms with Gasteiger partial charge in [-0.2, -0.15) is 0 Å². The van der Waals surface area contributed by atoms with Crippen LogP contribution >= 0.6 is 0 Å². The highest BCUT2D eigenvalue weighted by atomic mass is 16.3. The van der Waals surface area contributed by atoms with Gasteiger partial charge in [-0.1, -0.05) is 60.7 Å². The molecule has 0 fully saturated rings. The van der Waals surface area contributed by atoms with Crippen LogP contribution in [0.4, 0.5) is 0 Å². The summed E-state index contributed by atoms with van der Waals surface area (Å²) in [5.74, 6) is 0. The van der Waals surface area contributed by atoms with Gasteiger partial charge in [0.05, 0.1) is 0 Å². The van der Waals surface area contributed by atoms with Crippen molar-refractivity contribution in [1.29, 1.82) is 0 Å². The third kappa shape index (κ3) is 1.97. The van der Waals surface area contributed by atoms with Gasteiger partial charge in [0.2, 0.25) is 0 Å². The van der Waals surface area contributed by atoms with Gasteiger partial charge in [0, 0.05) is 27.1 Å². The molecule has 2 heterocycles. The van der Waals surface area contributed by atoms with E-state index in [1.54, 1.807) is 0 Å². The molecule has 0 atom stereocenters. The van der Waals surface area contributed by atoms with Gasteiger partial charge in [0.15, 0.2) is 0 Å². The molecule has 0 aliphatic rings. The zero-order valence-corrected chi connectivity index (χ0v) is 15.7. The van der Waals surface area contributed by atoms with Crippen LogP contribution in [0.3, 0.4) is 0 Å². The lowest BCUT2D eigenvalue weighted by Crippen LogP contribution is -1.85. The summed E-state index contributed by atoms with van der Waals surface area (Å²) in [5.41, 5.74) is 8.35. The van der Waals surface area contributed by atoms with Gasteiger partial charge in [-0.05, 0) is 42.7 Å². The minimum absolute atomic E-state index is 0.918. The van der Waals surface area contributed by atoms with Gasteiger partial charge in [0.25, 0.3) is 0 Å².